The van der Waals surface area contributed by atoms with E-state index in [1.54, 1.807) is 31.2 Å². The van der Waals surface area contributed by atoms with Crippen molar-refractivity contribution in [3.8, 4) is 0 Å². The quantitative estimate of drug-likeness (QED) is 0.622. The number of carbonyl (C=O) groups excluding carboxylic acids is 1. The number of benzene rings is 3. The van der Waals surface area contributed by atoms with Gasteiger partial charge in [-0.05, 0) is 67.1 Å². The van der Waals surface area contributed by atoms with Crippen LogP contribution < -0.4 is 10.0 Å². The topological polar surface area (TPSA) is 75.3 Å². The molecule has 144 valence electrons. The lowest BCUT2D eigenvalue weighted by atomic mass is 10.2. The van der Waals surface area contributed by atoms with Crippen LogP contribution in [0.25, 0.3) is 0 Å². The highest BCUT2D eigenvalue weighted by Gasteiger charge is 2.16. The largest absolute Gasteiger partial charge is 0.322 e. The fraction of sp³-hybridized carbons (Fsp3) is 0.0500. The Bertz CT molecular complexity index is 1130. The summed E-state index contributed by atoms with van der Waals surface area (Å²) in [4.78, 5) is 12.1. The summed E-state index contributed by atoms with van der Waals surface area (Å²) < 4.78 is 41.3. The second-order valence-electron chi connectivity index (χ2n) is 6.02. The van der Waals surface area contributed by atoms with Gasteiger partial charge in [0.05, 0.1) is 16.1 Å². The molecule has 0 aliphatic rings. The van der Waals surface area contributed by atoms with E-state index in [2.05, 4.69) is 10.0 Å². The van der Waals surface area contributed by atoms with Crippen molar-refractivity contribution < 1.29 is 17.6 Å². The lowest BCUT2D eigenvalue weighted by Gasteiger charge is -2.12. The SMILES string of the molecule is Cc1cc(Cl)ccc1NS(=O)(=O)c1ccc(NC(=O)c2ccccc2F)cc1. The number of amides is 1. The van der Waals surface area contributed by atoms with Gasteiger partial charge in [0.15, 0.2) is 0 Å². The molecule has 0 fully saturated rings. The second-order valence-corrected chi connectivity index (χ2v) is 8.14. The van der Waals surface area contributed by atoms with Crippen LogP contribution >= 0.6 is 11.6 Å². The van der Waals surface area contributed by atoms with E-state index < -0.39 is 21.7 Å². The Morgan fingerprint density at radius 2 is 1.68 bits per heavy atom. The zero-order valence-electron chi connectivity index (χ0n) is 14.7. The average molecular weight is 419 g/mol. The van der Waals surface area contributed by atoms with Gasteiger partial charge in [-0.1, -0.05) is 23.7 Å². The zero-order chi connectivity index (χ0) is 20.3. The highest BCUT2D eigenvalue weighted by atomic mass is 35.5. The molecule has 0 unspecified atom stereocenters. The molecule has 0 aromatic heterocycles. The van der Waals surface area contributed by atoms with Crippen LogP contribution in [-0.4, -0.2) is 14.3 Å². The summed E-state index contributed by atoms with van der Waals surface area (Å²) in [5.74, 6) is -1.26. The Morgan fingerprint density at radius 3 is 2.32 bits per heavy atom. The van der Waals surface area contributed by atoms with Crippen molar-refractivity contribution in [1.82, 2.24) is 0 Å². The fourth-order valence-electron chi connectivity index (χ4n) is 2.51. The van der Waals surface area contributed by atoms with Gasteiger partial charge in [-0.3, -0.25) is 9.52 Å². The number of hydrogen-bond donors (Lipinski definition) is 2. The van der Waals surface area contributed by atoms with E-state index in [9.17, 15) is 17.6 Å². The lowest BCUT2D eigenvalue weighted by Crippen LogP contribution is -2.15. The molecular formula is C20H16ClFN2O3S. The maximum absolute atomic E-state index is 13.7. The standard InChI is InChI=1S/C20H16ClFN2O3S/c1-13-12-14(21)6-11-19(13)24-28(26,27)16-9-7-15(8-10-16)23-20(25)17-4-2-3-5-18(17)22/h2-12,24H,1H3,(H,23,25). The lowest BCUT2D eigenvalue weighted by molar-refractivity contribution is 0.102. The van der Waals surface area contributed by atoms with Crippen LogP contribution in [0.1, 0.15) is 15.9 Å². The van der Waals surface area contributed by atoms with Crippen molar-refractivity contribution in [3.05, 3.63) is 88.7 Å². The van der Waals surface area contributed by atoms with Crippen LogP contribution in [0.2, 0.25) is 5.02 Å². The van der Waals surface area contributed by atoms with E-state index in [0.717, 1.165) is 0 Å². The third-order valence-corrected chi connectivity index (χ3v) is 5.59. The summed E-state index contributed by atoms with van der Waals surface area (Å²) in [5, 5.41) is 3.04. The van der Waals surface area contributed by atoms with E-state index in [4.69, 9.17) is 11.6 Å². The summed E-state index contributed by atoms with van der Waals surface area (Å²) in [5.41, 5.74) is 1.35. The first kappa shape index (κ1) is 19.9. The Kier molecular flexibility index (Phi) is 5.67. The average Bonchev–Trinajstić information content (AvgIpc) is 2.65. The van der Waals surface area contributed by atoms with Crippen LogP contribution in [0.3, 0.4) is 0 Å². The third kappa shape index (κ3) is 4.49. The number of hydrogen-bond acceptors (Lipinski definition) is 3. The molecule has 3 rings (SSSR count). The summed E-state index contributed by atoms with van der Waals surface area (Å²) in [6, 6.07) is 16.0. The number of nitrogens with one attached hydrogen (secondary N) is 2. The van der Waals surface area contributed by atoms with Gasteiger partial charge in [0.2, 0.25) is 0 Å². The first-order valence-corrected chi connectivity index (χ1v) is 10.1. The van der Waals surface area contributed by atoms with Crippen LogP contribution in [-0.2, 0) is 10.0 Å². The minimum atomic E-state index is -3.82. The molecule has 0 saturated carbocycles. The number of rotatable bonds is 5. The van der Waals surface area contributed by atoms with E-state index >= 15 is 0 Å². The number of carbonyl (C=O) groups is 1. The fourth-order valence-corrected chi connectivity index (χ4v) is 3.86. The molecule has 0 bridgehead atoms. The van der Waals surface area contributed by atoms with Crippen LogP contribution in [0.4, 0.5) is 15.8 Å². The summed E-state index contributed by atoms with van der Waals surface area (Å²) in [6.07, 6.45) is 0. The zero-order valence-corrected chi connectivity index (χ0v) is 16.3. The van der Waals surface area contributed by atoms with Crippen molar-refractivity contribution in [2.75, 3.05) is 10.0 Å². The van der Waals surface area contributed by atoms with Gasteiger partial charge in [0, 0.05) is 10.7 Å². The van der Waals surface area contributed by atoms with Gasteiger partial charge in [0.1, 0.15) is 5.82 Å². The van der Waals surface area contributed by atoms with Crippen LogP contribution in [0, 0.1) is 12.7 Å². The molecule has 0 heterocycles. The predicted molar refractivity (Wildman–Crippen MR) is 108 cm³/mol. The highest BCUT2D eigenvalue weighted by Crippen LogP contribution is 2.23. The maximum Gasteiger partial charge on any atom is 0.261 e. The molecule has 0 aliphatic carbocycles. The monoisotopic (exact) mass is 418 g/mol. The molecule has 3 aromatic rings. The number of sulfonamides is 1. The molecular weight excluding hydrogens is 403 g/mol. The molecule has 0 aliphatic heterocycles. The summed E-state index contributed by atoms with van der Waals surface area (Å²) in [7, 11) is -3.82. The minimum Gasteiger partial charge on any atom is -0.322 e. The smallest absolute Gasteiger partial charge is 0.261 e. The normalized spacial score (nSPS) is 11.1. The first-order chi connectivity index (χ1) is 13.3. The van der Waals surface area contributed by atoms with E-state index in [0.29, 0.717) is 22.0 Å². The van der Waals surface area contributed by atoms with E-state index in [1.807, 2.05) is 0 Å². The Morgan fingerprint density at radius 1 is 1.00 bits per heavy atom. The van der Waals surface area contributed by atoms with Gasteiger partial charge in [-0.2, -0.15) is 0 Å². The van der Waals surface area contributed by atoms with Crippen molar-refractivity contribution in [2.45, 2.75) is 11.8 Å². The molecule has 3 aromatic carbocycles. The molecule has 8 heteroatoms. The van der Waals surface area contributed by atoms with Gasteiger partial charge in [-0.15, -0.1) is 0 Å². The van der Waals surface area contributed by atoms with Crippen molar-refractivity contribution in [1.29, 1.82) is 0 Å². The molecule has 0 radical (unpaired) electrons. The van der Waals surface area contributed by atoms with Crippen molar-refractivity contribution in [3.63, 3.8) is 0 Å². The van der Waals surface area contributed by atoms with Crippen LogP contribution in [0.15, 0.2) is 71.6 Å². The van der Waals surface area contributed by atoms with Gasteiger partial charge >= 0.3 is 0 Å². The number of aryl methyl sites for hydroxylation is 1. The van der Waals surface area contributed by atoms with Crippen molar-refractivity contribution >= 4 is 38.9 Å². The molecule has 5 nitrogen and oxygen atoms in total. The van der Waals surface area contributed by atoms with Crippen molar-refractivity contribution in [2.24, 2.45) is 0 Å². The summed E-state index contributed by atoms with van der Waals surface area (Å²) >= 11 is 5.88. The molecule has 0 atom stereocenters. The van der Waals surface area contributed by atoms with Crippen LogP contribution in [0.5, 0.6) is 0 Å². The minimum absolute atomic E-state index is 0.0192. The Balaban J connectivity index is 1.76. The van der Waals surface area contributed by atoms with E-state index in [-0.39, 0.29) is 10.5 Å². The molecule has 0 spiro atoms. The van der Waals surface area contributed by atoms with E-state index in [1.165, 1.54) is 42.5 Å². The molecule has 28 heavy (non-hydrogen) atoms. The number of halogens is 2. The van der Waals surface area contributed by atoms with Gasteiger partial charge < -0.3 is 5.32 Å². The molecule has 2 N–H and O–H groups in total. The summed E-state index contributed by atoms with van der Waals surface area (Å²) in [6.45, 7) is 1.74. The highest BCUT2D eigenvalue weighted by molar-refractivity contribution is 7.92. The number of anilines is 2. The molecule has 1 amide bonds. The third-order valence-electron chi connectivity index (χ3n) is 3.97. The van der Waals surface area contributed by atoms with Gasteiger partial charge in [0.25, 0.3) is 15.9 Å². The van der Waals surface area contributed by atoms with Gasteiger partial charge in [-0.25, -0.2) is 12.8 Å². The second kappa shape index (κ2) is 8.00. The predicted octanol–water partition coefficient (Wildman–Crippen LogP) is 4.84. The molecule has 0 saturated heterocycles. The maximum atomic E-state index is 13.7. The first-order valence-electron chi connectivity index (χ1n) is 8.21. The Hall–Kier alpha value is -2.90. The Labute approximate surface area is 167 Å².